The Morgan fingerprint density at radius 3 is 2.64 bits per heavy atom. The third kappa shape index (κ3) is 6.58. The monoisotopic (exact) mass is 709 g/mol. The number of halogens is 1. The van der Waals surface area contributed by atoms with Crippen molar-refractivity contribution in [3.8, 4) is 0 Å². The molecule has 2 fully saturated rings. The van der Waals surface area contributed by atoms with E-state index in [1.54, 1.807) is 0 Å². The molecule has 2 aliphatic rings. The van der Waals surface area contributed by atoms with E-state index in [1.165, 1.54) is 21.8 Å². The van der Waals surface area contributed by atoms with E-state index in [0.29, 0.717) is 0 Å². The Hall–Kier alpha value is -2.40. The molecule has 6 rings (SSSR count). The lowest BCUT2D eigenvalue weighted by atomic mass is 10.1. The van der Waals surface area contributed by atoms with Crippen molar-refractivity contribution < 1.29 is 52.3 Å². The molecule has 24 heteroatoms. The molecule has 19 nitrogen and oxygen atoms in total. The number of nitrogens with zero attached hydrogens (tertiary/aromatic N) is 6. The zero-order chi connectivity index (χ0) is 32.3. The van der Waals surface area contributed by atoms with Gasteiger partial charge in [0.15, 0.2) is 35.4 Å². The molecular weight excluding hydrogens is 685 g/mol. The first-order valence-corrected chi connectivity index (χ1v) is 18.1. The van der Waals surface area contributed by atoms with E-state index in [4.69, 9.17) is 40.6 Å². The standard InChI is InChI=1S/C21H25FN8O11P2S2/c22-9-2-29(17-12(9)19(33)27-6-25-17)20-10(31)1-8(39-20)3-38-43(36,45)41-15-14(32)11(4-37-42(34,35)44)40-21(15)30-7-28-13-16(23)24-5-26-18(13)30/h2,5-8,10-11,14-15,20-21,31-32H,1,3-4H2,(H,36,45)(H2,23,24,26)(H,25,27,33)(H2,34,35,44)/p-1/t8?,10?,11-,14-,15-,20-,21?,43?/m1/s1. The van der Waals surface area contributed by atoms with Gasteiger partial charge >= 0.3 is 6.72 Å². The molecule has 244 valence electrons. The normalized spacial score (nSPS) is 29.8. The van der Waals surface area contributed by atoms with E-state index in [-0.39, 0.29) is 34.4 Å². The summed E-state index contributed by atoms with van der Waals surface area (Å²) in [5.41, 5.74) is 5.47. The maximum Gasteiger partial charge on any atom is 0.325 e. The van der Waals surface area contributed by atoms with Crippen LogP contribution in [-0.2, 0) is 46.7 Å². The van der Waals surface area contributed by atoms with Gasteiger partial charge in [-0.1, -0.05) is 11.8 Å². The molecule has 6 heterocycles. The van der Waals surface area contributed by atoms with Crippen molar-refractivity contribution >= 4 is 65.1 Å². The van der Waals surface area contributed by atoms with Crippen molar-refractivity contribution in [3.05, 3.63) is 41.3 Å². The van der Waals surface area contributed by atoms with Gasteiger partial charge in [-0.2, -0.15) is 0 Å². The first kappa shape index (κ1) is 32.5. The fourth-order valence-corrected chi connectivity index (χ4v) is 7.06. The molecule has 0 spiro atoms. The highest BCUT2D eigenvalue weighted by atomic mass is 32.5. The first-order valence-electron chi connectivity index (χ1n) is 12.9. The van der Waals surface area contributed by atoms with Gasteiger partial charge in [0.1, 0.15) is 48.4 Å². The quantitative estimate of drug-likeness (QED) is 0.101. The molecule has 0 aromatic carbocycles. The van der Waals surface area contributed by atoms with E-state index in [0.717, 1.165) is 12.5 Å². The summed E-state index contributed by atoms with van der Waals surface area (Å²) in [7, 11) is 0. The number of imidazole rings is 1. The number of hydrogen-bond donors (Lipinski definition) is 6. The van der Waals surface area contributed by atoms with Crippen molar-refractivity contribution in [3.63, 3.8) is 0 Å². The van der Waals surface area contributed by atoms with Crippen LogP contribution < -0.4 is 16.2 Å². The molecule has 9 atom stereocenters. The van der Waals surface area contributed by atoms with Gasteiger partial charge in [-0.05, 0) is 11.8 Å². The summed E-state index contributed by atoms with van der Waals surface area (Å²) in [5.74, 6) is -0.813. The number of nitrogens with one attached hydrogen (secondary N) is 1. The number of nitrogens with two attached hydrogens (primary N) is 1. The molecule has 7 N–H and O–H groups in total. The Labute approximate surface area is 260 Å². The van der Waals surface area contributed by atoms with Gasteiger partial charge in [-0.3, -0.25) is 13.9 Å². The second-order valence-corrected chi connectivity index (χ2v) is 15.4. The van der Waals surface area contributed by atoms with Gasteiger partial charge in [-0.25, -0.2) is 24.3 Å². The van der Waals surface area contributed by atoms with Crippen LogP contribution in [0.1, 0.15) is 18.9 Å². The zero-order valence-corrected chi connectivity index (χ0v) is 25.9. The van der Waals surface area contributed by atoms with Gasteiger partial charge in [0, 0.05) is 12.6 Å². The van der Waals surface area contributed by atoms with Crippen LogP contribution in [0.4, 0.5) is 10.2 Å². The number of rotatable bonds is 10. The van der Waals surface area contributed by atoms with Crippen LogP contribution in [-0.4, -0.2) is 97.8 Å². The Morgan fingerprint density at radius 2 is 1.89 bits per heavy atom. The highest BCUT2D eigenvalue weighted by Crippen LogP contribution is 2.50. The van der Waals surface area contributed by atoms with Crippen LogP contribution >= 0.6 is 13.4 Å². The van der Waals surface area contributed by atoms with Crippen LogP contribution in [0.5, 0.6) is 0 Å². The second kappa shape index (κ2) is 12.3. The maximum absolute atomic E-state index is 14.5. The third-order valence-corrected chi connectivity index (χ3v) is 9.41. The second-order valence-electron chi connectivity index (χ2n) is 10.0. The molecule has 0 saturated carbocycles. The van der Waals surface area contributed by atoms with Crippen molar-refractivity contribution in [2.45, 2.75) is 49.4 Å². The molecule has 0 amide bonds. The van der Waals surface area contributed by atoms with Crippen molar-refractivity contribution in [1.29, 1.82) is 0 Å². The minimum absolute atomic E-state index is 0.0356. The number of aromatic nitrogens is 7. The van der Waals surface area contributed by atoms with Crippen molar-refractivity contribution in [1.82, 2.24) is 34.1 Å². The minimum atomic E-state index is -4.37. The predicted molar refractivity (Wildman–Crippen MR) is 154 cm³/mol. The molecule has 0 radical (unpaired) electrons. The summed E-state index contributed by atoms with van der Waals surface area (Å²) in [6.07, 6.45) is -4.39. The van der Waals surface area contributed by atoms with E-state index in [9.17, 15) is 34.1 Å². The van der Waals surface area contributed by atoms with Crippen LogP contribution in [0.2, 0.25) is 0 Å². The number of fused-ring (bicyclic) bond motifs is 2. The average Bonchev–Trinajstić information content (AvgIpc) is 3.71. The summed E-state index contributed by atoms with van der Waals surface area (Å²) in [4.78, 5) is 62.3. The lowest BCUT2D eigenvalue weighted by molar-refractivity contribution is -0.204. The predicted octanol–water partition coefficient (Wildman–Crippen LogP) is -1.60. The van der Waals surface area contributed by atoms with Crippen molar-refractivity contribution in [2.75, 3.05) is 18.9 Å². The number of aliphatic hydroxyl groups excluding tert-OH is 2. The smallest absolute Gasteiger partial charge is 0.325 e. The fourth-order valence-electron chi connectivity index (χ4n) is 5.11. The van der Waals surface area contributed by atoms with E-state index in [1.807, 2.05) is 0 Å². The van der Waals surface area contributed by atoms with Gasteiger partial charge in [-0.15, -0.1) is 0 Å². The number of aromatic amines is 1. The molecule has 4 aromatic rings. The van der Waals surface area contributed by atoms with Gasteiger partial charge in [0.25, 0.3) is 5.56 Å². The largest absolute Gasteiger partial charge is 0.780 e. The Kier molecular flexibility index (Phi) is 8.91. The van der Waals surface area contributed by atoms with Gasteiger partial charge in [0.05, 0.1) is 32.0 Å². The summed E-state index contributed by atoms with van der Waals surface area (Å²) in [5, 5.41) is 21.4. The molecule has 2 saturated heterocycles. The van der Waals surface area contributed by atoms with Crippen LogP contribution in [0.15, 0.2) is 30.0 Å². The average molecular weight is 710 g/mol. The highest BCUT2D eigenvalue weighted by molar-refractivity contribution is 8.07. The summed E-state index contributed by atoms with van der Waals surface area (Å²) in [6, 6.07) is 0. The van der Waals surface area contributed by atoms with Gasteiger partial charge in [0.2, 0.25) is 0 Å². The summed E-state index contributed by atoms with van der Waals surface area (Å²) in [6.45, 7) is -9.62. The Morgan fingerprint density at radius 1 is 1.11 bits per heavy atom. The Balaban J connectivity index is 1.18. The highest BCUT2D eigenvalue weighted by Gasteiger charge is 2.49. The van der Waals surface area contributed by atoms with E-state index in [2.05, 4.69) is 36.7 Å². The number of ether oxygens (including phenoxy) is 2. The lowest BCUT2D eigenvalue weighted by Gasteiger charge is -2.27. The fraction of sp³-hybridized carbons (Fsp3) is 0.476. The molecule has 0 bridgehead atoms. The number of anilines is 1. The molecule has 45 heavy (non-hydrogen) atoms. The number of hydrogen-bond acceptors (Lipinski definition) is 16. The SMILES string of the molecule is Nc1ncnc2c1ncn2C1O[C@H](COP([O-])(O)=S)[C@@H](O)[C@H]1OP(O)(=S)OCC1CC(O)[C@H](n2cc(F)c3c(=O)[nH]cnc32)O1. The van der Waals surface area contributed by atoms with Crippen LogP contribution in [0, 0.1) is 5.82 Å². The topological polar surface area (TPSA) is 270 Å². The molecule has 5 unspecified atom stereocenters. The minimum Gasteiger partial charge on any atom is -0.780 e. The van der Waals surface area contributed by atoms with Gasteiger partial charge < -0.3 is 58.7 Å². The molecular formula is C21H24FN8O11P2S2-. The number of H-pyrrole nitrogens is 1. The Bertz CT molecular complexity index is 1890. The van der Waals surface area contributed by atoms with Crippen LogP contribution in [0.25, 0.3) is 22.2 Å². The van der Waals surface area contributed by atoms with Crippen LogP contribution in [0.3, 0.4) is 0 Å². The maximum atomic E-state index is 14.5. The number of aliphatic hydroxyl groups is 2. The molecule has 0 aliphatic carbocycles. The number of nitrogen functional groups attached to an aromatic ring is 1. The lowest BCUT2D eigenvalue weighted by Crippen LogP contribution is -2.35. The third-order valence-electron chi connectivity index (χ3n) is 7.06. The molecule has 2 aliphatic heterocycles. The molecule has 4 aromatic heterocycles. The van der Waals surface area contributed by atoms with E-state index < -0.39 is 81.0 Å². The summed E-state index contributed by atoms with van der Waals surface area (Å²) < 4.78 is 44.5. The van der Waals surface area contributed by atoms with Crippen molar-refractivity contribution in [2.24, 2.45) is 0 Å². The zero-order valence-electron chi connectivity index (χ0n) is 22.5. The summed E-state index contributed by atoms with van der Waals surface area (Å²) >= 11 is 9.56. The van der Waals surface area contributed by atoms with E-state index >= 15 is 0 Å². The first-order chi connectivity index (χ1) is 21.2.